The van der Waals surface area contributed by atoms with E-state index in [1.54, 1.807) is 0 Å². The minimum Gasteiger partial charge on any atom is -0.487 e. The molecule has 1 N–H and O–H groups in total. The molecule has 126 valence electrons. The van der Waals surface area contributed by atoms with E-state index in [9.17, 15) is 10.1 Å². The van der Waals surface area contributed by atoms with Gasteiger partial charge in [-0.15, -0.1) is 0 Å². The number of carbonyl (C=O) groups excluding carboxylic acids is 1. The van der Waals surface area contributed by atoms with Gasteiger partial charge in [-0.25, -0.2) is 0 Å². The zero-order chi connectivity index (χ0) is 17.0. The lowest BCUT2D eigenvalue weighted by Crippen LogP contribution is -2.57. The number of nitrogens with zero attached hydrogens (tertiary/aromatic N) is 1. The zero-order valence-electron chi connectivity index (χ0n) is 14.4. The van der Waals surface area contributed by atoms with E-state index in [2.05, 4.69) is 11.4 Å². The van der Waals surface area contributed by atoms with Crippen molar-refractivity contribution in [1.82, 2.24) is 5.32 Å². The average molecular weight is 324 g/mol. The number of carbonyl (C=O) groups is 1. The second-order valence-corrected chi connectivity index (χ2v) is 8.53. The zero-order valence-corrected chi connectivity index (χ0v) is 14.4. The van der Waals surface area contributed by atoms with Crippen LogP contribution in [0.5, 0.6) is 5.75 Å². The van der Waals surface area contributed by atoms with Crippen LogP contribution in [0.3, 0.4) is 0 Å². The summed E-state index contributed by atoms with van der Waals surface area (Å²) < 4.78 is 6.03. The average Bonchev–Trinajstić information content (AvgIpc) is 2.44. The highest BCUT2D eigenvalue weighted by molar-refractivity contribution is 5.87. The Morgan fingerprint density at radius 1 is 1.29 bits per heavy atom. The molecule has 2 aliphatic carbocycles. The first-order valence-corrected chi connectivity index (χ1v) is 8.87. The van der Waals surface area contributed by atoms with Crippen LogP contribution in [0.15, 0.2) is 24.3 Å². The van der Waals surface area contributed by atoms with Gasteiger partial charge in [0.05, 0.1) is 12.1 Å². The van der Waals surface area contributed by atoms with Crippen LogP contribution in [0.25, 0.3) is 0 Å². The third kappa shape index (κ3) is 2.30. The number of ether oxygens (including phenoxy) is 1. The van der Waals surface area contributed by atoms with Crippen LogP contribution in [0.4, 0.5) is 0 Å². The highest BCUT2D eigenvalue weighted by Gasteiger charge is 2.61. The van der Waals surface area contributed by atoms with Gasteiger partial charge in [0.1, 0.15) is 16.8 Å². The second-order valence-electron chi connectivity index (χ2n) is 8.53. The summed E-state index contributed by atoms with van der Waals surface area (Å²) in [6.07, 6.45) is 5.77. The first-order chi connectivity index (χ1) is 11.4. The molecule has 24 heavy (non-hydrogen) atoms. The molecule has 1 unspecified atom stereocenters. The highest BCUT2D eigenvalue weighted by atomic mass is 16.5. The summed E-state index contributed by atoms with van der Waals surface area (Å²) in [5, 5.41) is 12.8. The van der Waals surface area contributed by atoms with Crippen molar-refractivity contribution in [3.05, 3.63) is 29.8 Å². The van der Waals surface area contributed by atoms with E-state index in [0.717, 1.165) is 24.2 Å². The maximum atomic E-state index is 12.9. The van der Waals surface area contributed by atoms with E-state index in [-0.39, 0.29) is 17.6 Å². The fraction of sp³-hybridized carbons (Fsp3) is 0.600. The molecule has 0 aromatic heterocycles. The Morgan fingerprint density at radius 3 is 2.62 bits per heavy atom. The maximum absolute atomic E-state index is 12.9. The van der Waals surface area contributed by atoms with Gasteiger partial charge in [-0.2, -0.15) is 5.26 Å². The molecule has 1 heterocycles. The number of para-hydroxylation sites is 1. The second kappa shape index (κ2) is 4.99. The fourth-order valence-corrected chi connectivity index (χ4v) is 4.78. The summed E-state index contributed by atoms with van der Waals surface area (Å²) in [7, 11) is 0. The summed E-state index contributed by atoms with van der Waals surface area (Å²) in [5.74, 6) is 0.731. The number of benzene rings is 1. The van der Waals surface area contributed by atoms with Gasteiger partial charge in [-0.3, -0.25) is 4.79 Å². The Balaban J connectivity index is 1.54. The quantitative estimate of drug-likeness (QED) is 0.898. The van der Waals surface area contributed by atoms with Crippen molar-refractivity contribution >= 4 is 5.91 Å². The number of nitriles is 1. The molecule has 2 fully saturated rings. The molecule has 4 nitrogen and oxygen atoms in total. The molecular formula is C20H24N2O2. The maximum Gasteiger partial charge on any atom is 0.241 e. The Labute approximate surface area is 143 Å². The molecule has 1 aromatic rings. The molecule has 1 atom stereocenters. The molecule has 0 saturated heterocycles. The first kappa shape index (κ1) is 15.5. The summed E-state index contributed by atoms with van der Waals surface area (Å²) in [4.78, 5) is 12.9. The van der Waals surface area contributed by atoms with Gasteiger partial charge in [-0.1, -0.05) is 24.6 Å². The molecule has 1 aromatic carbocycles. The predicted octanol–water partition coefficient (Wildman–Crippen LogP) is 3.88. The first-order valence-electron chi connectivity index (χ1n) is 8.87. The Kier molecular flexibility index (Phi) is 3.22. The lowest BCUT2D eigenvalue weighted by Gasteiger charge is -2.57. The van der Waals surface area contributed by atoms with Crippen molar-refractivity contribution < 1.29 is 9.53 Å². The molecule has 4 rings (SSSR count). The summed E-state index contributed by atoms with van der Waals surface area (Å²) in [5.41, 5.74) is 0.148. The van der Waals surface area contributed by atoms with Crippen LogP contribution >= 0.6 is 0 Å². The van der Waals surface area contributed by atoms with Gasteiger partial charge in [0, 0.05) is 12.0 Å². The van der Waals surface area contributed by atoms with E-state index in [4.69, 9.17) is 4.74 Å². The van der Waals surface area contributed by atoms with Crippen LogP contribution in [0, 0.1) is 22.2 Å². The van der Waals surface area contributed by atoms with Crippen LogP contribution in [0.2, 0.25) is 0 Å². The van der Waals surface area contributed by atoms with Crippen molar-refractivity contribution in [2.45, 2.75) is 64.0 Å². The molecule has 2 saturated carbocycles. The molecule has 0 radical (unpaired) electrons. The van der Waals surface area contributed by atoms with Crippen molar-refractivity contribution in [3.63, 3.8) is 0 Å². The fourth-order valence-electron chi connectivity index (χ4n) is 4.78. The van der Waals surface area contributed by atoms with Crippen LogP contribution < -0.4 is 10.1 Å². The van der Waals surface area contributed by atoms with Crippen LogP contribution in [-0.4, -0.2) is 11.5 Å². The third-order valence-corrected chi connectivity index (χ3v) is 6.10. The standard InChI is InChI=1S/C20H24N2O2/c1-18(2)10-15(14-6-3-4-7-16(14)24-18)22-17(23)20(13-21)11-19(12-20)8-5-9-19/h3-4,6-7,15H,5,8-12H2,1-2H3,(H,22,23). The number of nitrogens with one attached hydrogen (secondary N) is 1. The Hall–Kier alpha value is -2.02. The number of hydrogen-bond acceptors (Lipinski definition) is 3. The molecule has 1 spiro atoms. The summed E-state index contributed by atoms with van der Waals surface area (Å²) in [6, 6.07) is 10.1. The van der Waals surface area contributed by atoms with Crippen molar-refractivity contribution in [3.8, 4) is 11.8 Å². The summed E-state index contributed by atoms with van der Waals surface area (Å²) >= 11 is 0. The van der Waals surface area contributed by atoms with Gasteiger partial charge in [0.2, 0.25) is 5.91 Å². The smallest absolute Gasteiger partial charge is 0.241 e. The molecule has 0 bridgehead atoms. The third-order valence-electron chi connectivity index (χ3n) is 6.10. The van der Waals surface area contributed by atoms with Gasteiger partial charge in [0.15, 0.2) is 0 Å². The Bertz CT molecular complexity index is 719. The molecule has 4 heteroatoms. The van der Waals surface area contributed by atoms with Crippen molar-refractivity contribution in [2.24, 2.45) is 10.8 Å². The van der Waals surface area contributed by atoms with E-state index in [1.807, 2.05) is 38.1 Å². The van der Waals surface area contributed by atoms with Gasteiger partial charge in [0.25, 0.3) is 0 Å². The molecule has 1 amide bonds. The van der Waals surface area contributed by atoms with Gasteiger partial charge >= 0.3 is 0 Å². The normalized spacial score (nSPS) is 27.6. The molecule has 1 aliphatic heterocycles. The van der Waals surface area contributed by atoms with E-state index < -0.39 is 5.41 Å². The van der Waals surface area contributed by atoms with E-state index in [0.29, 0.717) is 11.8 Å². The lowest BCUT2D eigenvalue weighted by atomic mass is 9.45. The monoisotopic (exact) mass is 324 g/mol. The van der Waals surface area contributed by atoms with E-state index in [1.165, 1.54) is 19.3 Å². The molecular weight excluding hydrogens is 300 g/mol. The van der Waals surface area contributed by atoms with Gasteiger partial charge < -0.3 is 10.1 Å². The Morgan fingerprint density at radius 2 is 2.00 bits per heavy atom. The topological polar surface area (TPSA) is 62.1 Å². The minimum atomic E-state index is -0.822. The molecule has 3 aliphatic rings. The minimum absolute atomic E-state index is 0.0967. The van der Waals surface area contributed by atoms with Crippen molar-refractivity contribution in [1.29, 1.82) is 5.26 Å². The van der Waals surface area contributed by atoms with E-state index >= 15 is 0 Å². The number of fused-ring (bicyclic) bond motifs is 1. The van der Waals surface area contributed by atoms with Crippen LogP contribution in [0.1, 0.15) is 64.0 Å². The highest BCUT2D eigenvalue weighted by Crippen LogP contribution is 2.64. The largest absolute Gasteiger partial charge is 0.487 e. The lowest BCUT2D eigenvalue weighted by molar-refractivity contribution is -0.147. The number of rotatable bonds is 2. The van der Waals surface area contributed by atoms with Crippen molar-refractivity contribution in [2.75, 3.05) is 0 Å². The number of amides is 1. The number of hydrogen-bond donors (Lipinski definition) is 1. The summed E-state index contributed by atoms with van der Waals surface area (Å²) in [6.45, 7) is 4.07. The van der Waals surface area contributed by atoms with Gasteiger partial charge in [-0.05, 0) is 51.0 Å². The predicted molar refractivity (Wildman–Crippen MR) is 90.2 cm³/mol. The van der Waals surface area contributed by atoms with Crippen LogP contribution in [-0.2, 0) is 4.79 Å². The SMILES string of the molecule is CC1(C)CC(NC(=O)C2(C#N)CC3(CCC3)C2)c2ccccc2O1.